The van der Waals surface area contributed by atoms with E-state index in [0.717, 1.165) is 16.9 Å². The van der Waals surface area contributed by atoms with E-state index in [2.05, 4.69) is 10.5 Å². The molecular formula is C29H31N3O7. The van der Waals surface area contributed by atoms with Crippen LogP contribution in [-0.2, 0) is 11.2 Å². The molecule has 204 valence electrons. The fourth-order valence-corrected chi connectivity index (χ4v) is 4.17. The molecule has 39 heavy (non-hydrogen) atoms. The number of hydrogen-bond donors (Lipinski definition) is 2. The van der Waals surface area contributed by atoms with Crippen LogP contribution in [0.1, 0.15) is 5.56 Å². The van der Waals surface area contributed by atoms with Crippen molar-refractivity contribution in [1.29, 1.82) is 0 Å². The summed E-state index contributed by atoms with van der Waals surface area (Å²) in [5, 5.41) is 7.11. The van der Waals surface area contributed by atoms with Crippen molar-refractivity contribution in [2.24, 2.45) is 5.73 Å². The maximum atomic E-state index is 13.0. The van der Waals surface area contributed by atoms with Gasteiger partial charge in [0.1, 0.15) is 23.5 Å². The molecule has 0 bridgehead atoms. The number of ether oxygens (including phenoxy) is 5. The van der Waals surface area contributed by atoms with Gasteiger partial charge in [0.05, 0.1) is 47.3 Å². The third-order valence-corrected chi connectivity index (χ3v) is 6.23. The molecule has 10 nitrogen and oxygen atoms in total. The number of carbonyl (C=O) groups excluding carboxylic acids is 1. The minimum Gasteiger partial charge on any atom is -0.497 e. The van der Waals surface area contributed by atoms with Crippen LogP contribution in [0.3, 0.4) is 0 Å². The van der Waals surface area contributed by atoms with E-state index in [1.807, 2.05) is 30.3 Å². The molecule has 1 unspecified atom stereocenters. The number of nitrogens with zero attached hydrogens (tertiary/aromatic N) is 1. The van der Waals surface area contributed by atoms with Crippen molar-refractivity contribution in [3.63, 3.8) is 0 Å². The molecule has 0 aliphatic heterocycles. The monoisotopic (exact) mass is 533 g/mol. The fraction of sp³-hybridized carbons (Fsp3) is 0.241. The zero-order chi connectivity index (χ0) is 27.9. The van der Waals surface area contributed by atoms with E-state index in [1.165, 1.54) is 20.5 Å². The van der Waals surface area contributed by atoms with Crippen LogP contribution in [0.25, 0.3) is 22.4 Å². The lowest BCUT2D eigenvalue weighted by Crippen LogP contribution is -2.37. The molecule has 3 aromatic carbocycles. The Morgan fingerprint density at radius 2 is 1.51 bits per heavy atom. The van der Waals surface area contributed by atoms with Crippen molar-refractivity contribution in [2.75, 3.05) is 40.9 Å². The average molecular weight is 534 g/mol. The summed E-state index contributed by atoms with van der Waals surface area (Å²) in [6.45, 7) is 0. The summed E-state index contributed by atoms with van der Waals surface area (Å²) in [6, 6.07) is 15.6. The lowest BCUT2D eigenvalue weighted by atomic mass is 10.00. The summed E-state index contributed by atoms with van der Waals surface area (Å²) < 4.78 is 32.4. The predicted octanol–water partition coefficient (Wildman–Crippen LogP) is 4.56. The molecule has 0 radical (unpaired) electrons. The fourth-order valence-electron chi connectivity index (χ4n) is 4.17. The SMILES string of the molecule is COc1ccc(CC(N)C(=O)Nc2cc(-c3conc3-c3cc(OC)c(OC)c(OC)c3)ccc2OC)cc1. The van der Waals surface area contributed by atoms with Gasteiger partial charge in [0.15, 0.2) is 11.5 Å². The zero-order valence-electron chi connectivity index (χ0n) is 22.4. The Kier molecular flexibility index (Phi) is 8.57. The molecule has 0 saturated heterocycles. The second-order valence-corrected chi connectivity index (χ2v) is 8.55. The molecule has 4 aromatic rings. The molecule has 0 aliphatic rings. The quantitative estimate of drug-likeness (QED) is 0.285. The van der Waals surface area contributed by atoms with Crippen molar-refractivity contribution in [3.8, 4) is 51.1 Å². The highest BCUT2D eigenvalue weighted by atomic mass is 16.5. The summed E-state index contributed by atoms with van der Waals surface area (Å²) in [4.78, 5) is 13.0. The van der Waals surface area contributed by atoms with Gasteiger partial charge in [-0.3, -0.25) is 4.79 Å². The smallest absolute Gasteiger partial charge is 0.241 e. The summed E-state index contributed by atoms with van der Waals surface area (Å²) in [7, 11) is 7.76. The summed E-state index contributed by atoms with van der Waals surface area (Å²) >= 11 is 0. The van der Waals surface area contributed by atoms with E-state index in [9.17, 15) is 4.79 Å². The van der Waals surface area contributed by atoms with Gasteiger partial charge in [-0.25, -0.2) is 0 Å². The maximum Gasteiger partial charge on any atom is 0.241 e. The van der Waals surface area contributed by atoms with Gasteiger partial charge in [-0.15, -0.1) is 0 Å². The second kappa shape index (κ2) is 12.2. The standard InChI is InChI=1S/C29H31N3O7/c1-34-20-9-6-17(7-10-20)12-22(30)29(33)31-23-13-18(8-11-24(23)35-2)21-16-39-32-27(21)19-14-25(36-3)28(38-5)26(15-19)37-4/h6-11,13-16,22H,12,30H2,1-5H3,(H,31,33). The van der Waals surface area contributed by atoms with Crippen LogP contribution >= 0.6 is 0 Å². The van der Waals surface area contributed by atoms with Crippen molar-refractivity contribution < 1.29 is 33.0 Å². The highest BCUT2D eigenvalue weighted by Gasteiger charge is 2.21. The lowest BCUT2D eigenvalue weighted by molar-refractivity contribution is -0.117. The van der Waals surface area contributed by atoms with Crippen molar-refractivity contribution in [1.82, 2.24) is 5.16 Å². The number of carbonyl (C=O) groups is 1. The Morgan fingerprint density at radius 1 is 0.846 bits per heavy atom. The molecule has 0 aliphatic carbocycles. The van der Waals surface area contributed by atoms with Crippen LogP contribution in [0.4, 0.5) is 5.69 Å². The second-order valence-electron chi connectivity index (χ2n) is 8.55. The normalized spacial score (nSPS) is 11.4. The van der Waals surface area contributed by atoms with Gasteiger partial charge in [-0.1, -0.05) is 23.4 Å². The first kappa shape index (κ1) is 27.3. The molecule has 1 aromatic heterocycles. The van der Waals surface area contributed by atoms with Gasteiger partial charge in [0, 0.05) is 11.1 Å². The van der Waals surface area contributed by atoms with Gasteiger partial charge in [-0.2, -0.15) is 0 Å². The van der Waals surface area contributed by atoms with Gasteiger partial charge < -0.3 is 39.3 Å². The van der Waals surface area contributed by atoms with Crippen LogP contribution in [-0.4, -0.2) is 52.7 Å². The number of anilines is 1. The molecule has 1 amide bonds. The molecule has 10 heteroatoms. The van der Waals surface area contributed by atoms with Gasteiger partial charge in [0.25, 0.3) is 0 Å². The van der Waals surface area contributed by atoms with Crippen LogP contribution < -0.4 is 34.7 Å². The van der Waals surface area contributed by atoms with E-state index in [-0.39, 0.29) is 5.91 Å². The van der Waals surface area contributed by atoms with E-state index >= 15 is 0 Å². The van der Waals surface area contributed by atoms with Crippen molar-refractivity contribution in [2.45, 2.75) is 12.5 Å². The Bertz CT molecular complexity index is 1410. The van der Waals surface area contributed by atoms with Gasteiger partial charge in [0.2, 0.25) is 11.7 Å². The number of rotatable bonds is 11. The van der Waals surface area contributed by atoms with Crippen molar-refractivity contribution >= 4 is 11.6 Å². The third-order valence-electron chi connectivity index (χ3n) is 6.23. The average Bonchev–Trinajstić information content (AvgIpc) is 3.46. The number of nitrogens with two attached hydrogens (primary N) is 1. The Morgan fingerprint density at radius 3 is 2.10 bits per heavy atom. The molecular weight excluding hydrogens is 502 g/mol. The largest absolute Gasteiger partial charge is 0.497 e. The molecule has 0 fully saturated rings. The Balaban J connectivity index is 1.62. The molecule has 1 atom stereocenters. The molecule has 0 saturated carbocycles. The summed E-state index contributed by atoms with van der Waals surface area (Å²) in [5.41, 5.74) is 10.3. The van der Waals surface area contributed by atoms with Crippen LogP contribution in [0.15, 0.2) is 65.4 Å². The minimum atomic E-state index is -0.780. The number of methoxy groups -OCH3 is 5. The minimum absolute atomic E-state index is 0.351. The first-order valence-corrected chi connectivity index (χ1v) is 12.0. The summed E-state index contributed by atoms with van der Waals surface area (Å²) in [6.07, 6.45) is 1.89. The van der Waals surface area contributed by atoms with E-state index in [1.54, 1.807) is 45.6 Å². The van der Waals surface area contributed by atoms with E-state index < -0.39 is 6.04 Å². The maximum absolute atomic E-state index is 13.0. The molecule has 0 spiro atoms. The lowest BCUT2D eigenvalue weighted by Gasteiger charge is -2.16. The van der Waals surface area contributed by atoms with E-state index in [4.69, 9.17) is 33.9 Å². The number of nitrogens with one attached hydrogen (secondary N) is 1. The number of aromatic nitrogens is 1. The molecule has 3 N–H and O–H groups in total. The number of hydrogen-bond acceptors (Lipinski definition) is 9. The number of benzene rings is 3. The topological polar surface area (TPSA) is 127 Å². The highest BCUT2D eigenvalue weighted by Crippen LogP contribution is 2.43. The van der Waals surface area contributed by atoms with Gasteiger partial charge >= 0.3 is 0 Å². The number of amides is 1. The van der Waals surface area contributed by atoms with Crippen LogP contribution in [0, 0.1) is 0 Å². The zero-order valence-corrected chi connectivity index (χ0v) is 22.4. The van der Waals surface area contributed by atoms with E-state index in [0.29, 0.717) is 51.9 Å². The van der Waals surface area contributed by atoms with Gasteiger partial charge in [-0.05, 0) is 53.9 Å². The summed E-state index contributed by atoms with van der Waals surface area (Å²) in [5.74, 6) is 2.29. The van der Waals surface area contributed by atoms with Crippen molar-refractivity contribution in [3.05, 3.63) is 66.4 Å². The predicted molar refractivity (Wildman–Crippen MR) is 147 cm³/mol. The molecule has 1 heterocycles. The van der Waals surface area contributed by atoms with Crippen LogP contribution in [0.5, 0.6) is 28.7 Å². The Hall–Kier alpha value is -4.70. The highest BCUT2D eigenvalue weighted by molar-refractivity contribution is 5.97. The molecule has 4 rings (SSSR count). The third kappa shape index (κ3) is 5.91. The Labute approximate surface area is 226 Å². The first-order valence-electron chi connectivity index (χ1n) is 12.0. The first-order chi connectivity index (χ1) is 18.9. The van der Waals surface area contributed by atoms with Crippen LogP contribution in [0.2, 0.25) is 0 Å².